The number of carbonyl (C=O) groups is 1. The van der Waals surface area contributed by atoms with Crippen molar-refractivity contribution in [1.82, 2.24) is 9.55 Å². The molecule has 8 heteroatoms. The van der Waals surface area contributed by atoms with Gasteiger partial charge in [-0.3, -0.25) is 14.2 Å². The minimum absolute atomic E-state index is 0.185. The molecule has 154 valence electrons. The molecule has 0 fully saturated rings. The molecule has 0 saturated heterocycles. The Balaban J connectivity index is 1.47. The van der Waals surface area contributed by atoms with E-state index in [1.54, 1.807) is 18.2 Å². The minimum Gasteiger partial charge on any atom is -0.495 e. The summed E-state index contributed by atoms with van der Waals surface area (Å²) in [6, 6.07) is 16.5. The van der Waals surface area contributed by atoms with Gasteiger partial charge in [-0.25, -0.2) is 4.98 Å². The molecule has 0 bridgehead atoms. The number of carbonyl (C=O) groups excluding carboxylic acids is 1. The molecule has 5 aromatic rings. The zero-order chi connectivity index (χ0) is 21.5. The number of ether oxygens (including phenoxy) is 1. The second-order valence-electron chi connectivity index (χ2n) is 7.03. The fourth-order valence-corrected chi connectivity index (χ4v) is 3.97. The first-order valence-corrected chi connectivity index (χ1v) is 10.3. The van der Waals surface area contributed by atoms with Crippen molar-refractivity contribution in [1.29, 1.82) is 0 Å². The normalized spacial score (nSPS) is 11.3. The zero-order valence-electron chi connectivity index (χ0n) is 16.4. The first kappa shape index (κ1) is 19.3. The molecule has 2 aromatic heterocycles. The molecular formula is C23H16BrN3O4. The third-order valence-corrected chi connectivity index (χ3v) is 5.57. The molecule has 7 nitrogen and oxygen atoms in total. The van der Waals surface area contributed by atoms with Crippen LogP contribution in [0.2, 0.25) is 0 Å². The average molecular weight is 478 g/mol. The van der Waals surface area contributed by atoms with Gasteiger partial charge >= 0.3 is 0 Å². The van der Waals surface area contributed by atoms with Gasteiger partial charge in [0.05, 0.1) is 30.0 Å². The Kier molecular flexibility index (Phi) is 4.71. The van der Waals surface area contributed by atoms with Gasteiger partial charge in [-0.15, -0.1) is 0 Å². The summed E-state index contributed by atoms with van der Waals surface area (Å²) < 4.78 is 13.4. The van der Waals surface area contributed by atoms with E-state index in [4.69, 9.17) is 9.15 Å². The van der Waals surface area contributed by atoms with Crippen molar-refractivity contribution in [2.24, 2.45) is 0 Å². The molecule has 2 heterocycles. The molecule has 31 heavy (non-hydrogen) atoms. The van der Waals surface area contributed by atoms with E-state index in [2.05, 4.69) is 26.2 Å². The van der Waals surface area contributed by atoms with Crippen molar-refractivity contribution < 1.29 is 13.9 Å². The maximum absolute atomic E-state index is 12.7. The van der Waals surface area contributed by atoms with Crippen LogP contribution >= 0.6 is 15.9 Å². The van der Waals surface area contributed by atoms with Crippen LogP contribution in [0.4, 0.5) is 5.69 Å². The van der Waals surface area contributed by atoms with Crippen LogP contribution in [0.5, 0.6) is 5.75 Å². The standard InChI is InChI=1S/C23H16BrN3O4/c1-30-21-9-15-14-4-2-3-5-19(14)31-20(15)10-18(21)26-22(28)11-27-12-25-17-7-6-13(24)8-16(17)23(27)29/h2-10,12H,11H2,1H3,(H,26,28). The van der Waals surface area contributed by atoms with Gasteiger partial charge in [-0.2, -0.15) is 0 Å². The summed E-state index contributed by atoms with van der Waals surface area (Å²) in [5, 5.41) is 5.11. The van der Waals surface area contributed by atoms with Crippen LogP contribution in [-0.4, -0.2) is 22.6 Å². The van der Waals surface area contributed by atoms with Gasteiger partial charge in [0.25, 0.3) is 5.56 Å². The zero-order valence-corrected chi connectivity index (χ0v) is 18.0. The number of furan rings is 1. The number of aromatic nitrogens is 2. The highest BCUT2D eigenvalue weighted by atomic mass is 79.9. The highest BCUT2D eigenvalue weighted by Crippen LogP contribution is 2.36. The van der Waals surface area contributed by atoms with E-state index in [1.807, 2.05) is 36.4 Å². The summed E-state index contributed by atoms with van der Waals surface area (Å²) in [5.74, 6) is 0.118. The van der Waals surface area contributed by atoms with Crippen LogP contribution < -0.4 is 15.6 Å². The maximum atomic E-state index is 12.7. The van der Waals surface area contributed by atoms with Crippen LogP contribution in [0.25, 0.3) is 32.8 Å². The van der Waals surface area contributed by atoms with Gasteiger partial charge in [0.15, 0.2) is 0 Å². The Bertz CT molecular complexity index is 1540. The third kappa shape index (κ3) is 3.44. The van der Waals surface area contributed by atoms with Gasteiger partial charge < -0.3 is 14.5 Å². The van der Waals surface area contributed by atoms with E-state index in [0.717, 1.165) is 20.8 Å². The molecule has 1 N–H and O–H groups in total. The summed E-state index contributed by atoms with van der Waals surface area (Å²) in [6.07, 6.45) is 1.37. The van der Waals surface area contributed by atoms with Crippen molar-refractivity contribution in [3.8, 4) is 5.75 Å². The van der Waals surface area contributed by atoms with Crippen LogP contribution in [-0.2, 0) is 11.3 Å². The summed E-state index contributed by atoms with van der Waals surface area (Å²) >= 11 is 3.36. The fourth-order valence-electron chi connectivity index (χ4n) is 3.61. The number of para-hydroxylation sites is 1. The number of nitrogens with one attached hydrogen (secondary N) is 1. The summed E-state index contributed by atoms with van der Waals surface area (Å²) in [5.41, 5.74) is 2.13. The highest BCUT2D eigenvalue weighted by Gasteiger charge is 2.15. The summed E-state index contributed by atoms with van der Waals surface area (Å²) in [4.78, 5) is 29.7. The van der Waals surface area contributed by atoms with Crippen molar-refractivity contribution in [3.05, 3.63) is 75.8 Å². The molecule has 0 aliphatic rings. The van der Waals surface area contributed by atoms with Gasteiger partial charge in [-0.1, -0.05) is 34.1 Å². The Labute approximate surface area is 184 Å². The van der Waals surface area contributed by atoms with Gasteiger partial charge in [0.1, 0.15) is 23.5 Å². The SMILES string of the molecule is COc1cc2c(cc1NC(=O)Cn1cnc3ccc(Br)cc3c1=O)oc1ccccc12. The second kappa shape index (κ2) is 7.55. The Morgan fingerprint density at radius 2 is 1.94 bits per heavy atom. The average Bonchev–Trinajstić information content (AvgIpc) is 3.12. The second-order valence-corrected chi connectivity index (χ2v) is 7.95. The van der Waals surface area contributed by atoms with Gasteiger partial charge in [0, 0.05) is 21.3 Å². The molecule has 1 amide bonds. The van der Waals surface area contributed by atoms with Crippen molar-refractivity contribution in [3.63, 3.8) is 0 Å². The van der Waals surface area contributed by atoms with E-state index in [0.29, 0.717) is 27.9 Å². The van der Waals surface area contributed by atoms with E-state index in [-0.39, 0.29) is 18.0 Å². The molecule has 0 spiro atoms. The molecule has 0 radical (unpaired) electrons. The number of anilines is 1. The molecule has 0 atom stereocenters. The van der Waals surface area contributed by atoms with Crippen LogP contribution in [0.1, 0.15) is 0 Å². The van der Waals surface area contributed by atoms with Crippen molar-refractivity contribution in [2.75, 3.05) is 12.4 Å². The highest BCUT2D eigenvalue weighted by molar-refractivity contribution is 9.10. The molecule has 3 aromatic carbocycles. The molecule has 0 aliphatic carbocycles. The predicted octanol–water partition coefficient (Wildman–Crippen LogP) is 4.71. The van der Waals surface area contributed by atoms with E-state index < -0.39 is 0 Å². The monoisotopic (exact) mass is 477 g/mol. The number of nitrogens with zero attached hydrogens (tertiary/aromatic N) is 2. The van der Waals surface area contributed by atoms with Gasteiger partial charge in [-0.05, 0) is 30.3 Å². The number of hydrogen-bond acceptors (Lipinski definition) is 5. The molecular weight excluding hydrogens is 462 g/mol. The topological polar surface area (TPSA) is 86.4 Å². The molecule has 0 unspecified atom stereocenters. The number of amides is 1. The summed E-state index contributed by atoms with van der Waals surface area (Å²) in [6.45, 7) is -0.185. The quantitative estimate of drug-likeness (QED) is 0.405. The van der Waals surface area contributed by atoms with Crippen molar-refractivity contribution >= 4 is 60.4 Å². The van der Waals surface area contributed by atoms with Crippen LogP contribution in [0, 0.1) is 0 Å². The van der Waals surface area contributed by atoms with E-state index in [9.17, 15) is 9.59 Å². The van der Waals surface area contributed by atoms with Crippen molar-refractivity contribution in [2.45, 2.75) is 6.54 Å². The van der Waals surface area contributed by atoms with E-state index >= 15 is 0 Å². The number of methoxy groups -OCH3 is 1. The number of hydrogen-bond donors (Lipinski definition) is 1. The molecule has 0 aliphatic heterocycles. The Morgan fingerprint density at radius 1 is 1.10 bits per heavy atom. The molecule has 5 rings (SSSR count). The number of rotatable bonds is 4. The Hall–Kier alpha value is -3.65. The smallest absolute Gasteiger partial charge is 0.261 e. The van der Waals surface area contributed by atoms with Crippen LogP contribution in [0.15, 0.2) is 74.6 Å². The largest absolute Gasteiger partial charge is 0.495 e. The maximum Gasteiger partial charge on any atom is 0.261 e. The fraction of sp³-hybridized carbons (Fsp3) is 0.0870. The summed E-state index contributed by atoms with van der Waals surface area (Å²) in [7, 11) is 1.54. The lowest BCUT2D eigenvalue weighted by Gasteiger charge is -2.11. The van der Waals surface area contributed by atoms with E-state index in [1.165, 1.54) is 18.0 Å². The van der Waals surface area contributed by atoms with Crippen LogP contribution in [0.3, 0.4) is 0 Å². The third-order valence-electron chi connectivity index (χ3n) is 5.07. The van der Waals surface area contributed by atoms with Gasteiger partial charge in [0.2, 0.25) is 5.91 Å². The molecule has 0 saturated carbocycles. The lowest BCUT2D eigenvalue weighted by Crippen LogP contribution is -2.28. The number of halogens is 1. The minimum atomic E-state index is -0.382. The number of benzene rings is 3. The first-order chi connectivity index (χ1) is 15.0. The lowest BCUT2D eigenvalue weighted by molar-refractivity contribution is -0.116. The number of fused-ring (bicyclic) bond motifs is 4. The predicted molar refractivity (Wildman–Crippen MR) is 123 cm³/mol. The Morgan fingerprint density at radius 3 is 2.77 bits per heavy atom. The first-order valence-electron chi connectivity index (χ1n) is 9.47. The lowest BCUT2D eigenvalue weighted by atomic mass is 10.1.